The van der Waals surface area contributed by atoms with Crippen LogP contribution in [0.1, 0.15) is 34.5 Å². The van der Waals surface area contributed by atoms with Gasteiger partial charge in [-0.3, -0.25) is 9.11 Å². The smallest absolute Gasteiger partial charge is 1.00 e. The summed E-state index contributed by atoms with van der Waals surface area (Å²) in [4.78, 5) is 0. The standard InChI is InChI=1S/C9H20O8S2.Na.H/c1-3-4-5-7(2)17-8(6-10)9(18(11,12)13)19(14,15)16;;/h7-10H,3-6H2,1-2H3,(H,11,12,13)(H,14,15,16);;/q;+1;-1. The Balaban J connectivity index is -0.00000162. The molecule has 0 aromatic carbocycles. The first-order valence-corrected chi connectivity index (χ1v) is 8.73. The zero-order valence-corrected chi connectivity index (χ0v) is 15.4. The van der Waals surface area contributed by atoms with E-state index in [9.17, 15) is 16.8 Å². The molecule has 0 spiro atoms. The maximum Gasteiger partial charge on any atom is 1.00 e. The SMILES string of the molecule is CCCCC(C)OC(CO)C(S(=O)(=O)O)S(=O)(=O)O.[H-].[Na+]. The number of aliphatic hydroxyl groups excluding tert-OH is 1. The Hall–Kier alpha value is 0.740. The summed E-state index contributed by atoms with van der Waals surface area (Å²) < 4.78 is 64.2. The predicted molar refractivity (Wildman–Crippen MR) is 68.9 cm³/mol. The van der Waals surface area contributed by atoms with Crippen molar-refractivity contribution in [2.75, 3.05) is 6.61 Å². The molecule has 0 aromatic heterocycles. The van der Waals surface area contributed by atoms with Gasteiger partial charge < -0.3 is 11.3 Å². The molecule has 3 N–H and O–H groups in total. The van der Waals surface area contributed by atoms with Gasteiger partial charge in [-0.2, -0.15) is 16.8 Å². The van der Waals surface area contributed by atoms with Crippen LogP contribution in [0.4, 0.5) is 0 Å². The van der Waals surface area contributed by atoms with Crippen LogP contribution in [0, 0.1) is 0 Å². The van der Waals surface area contributed by atoms with Gasteiger partial charge in [0.05, 0.1) is 12.7 Å². The fourth-order valence-corrected chi connectivity index (χ4v) is 3.89. The van der Waals surface area contributed by atoms with E-state index in [0.29, 0.717) is 6.42 Å². The molecule has 0 aliphatic rings. The minimum atomic E-state index is -5.12. The number of aliphatic hydroxyl groups is 1. The molecule has 0 aromatic rings. The van der Waals surface area contributed by atoms with Crippen molar-refractivity contribution < 1.29 is 66.8 Å². The second-order valence-electron chi connectivity index (χ2n) is 4.21. The third-order valence-corrected chi connectivity index (χ3v) is 5.68. The molecule has 20 heavy (non-hydrogen) atoms. The number of ether oxygens (including phenoxy) is 1. The summed E-state index contributed by atoms with van der Waals surface area (Å²) in [6.45, 7) is 2.53. The first-order valence-electron chi connectivity index (χ1n) is 5.73. The summed E-state index contributed by atoms with van der Waals surface area (Å²) >= 11 is 0. The second kappa shape index (κ2) is 9.70. The van der Waals surface area contributed by atoms with Gasteiger partial charge in [0.1, 0.15) is 6.10 Å². The molecule has 11 heteroatoms. The molecule has 2 unspecified atom stereocenters. The van der Waals surface area contributed by atoms with Crippen LogP contribution in [-0.2, 0) is 25.0 Å². The van der Waals surface area contributed by atoms with E-state index < -0.39 is 43.6 Å². The fourth-order valence-electron chi connectivity index (χ4n) is 1.59. The van der Waals surface area contributed by atoms with E-state index in [1.807, 2.05) is 6.92 Å². The third-order valence-electron chi connectivity index (χ3n) is 2.44. The normalized spacial score (nSPS) is 15.7. The fraction of sp³-hybridized carbons (Fsp3) is 1.00. The van der Waals surface area contributed by atoms with Crippen molar-refractivity contribution in [3.8, 4) is 0 Å². The molecular weight excluding hydrogens is 323 g/mol. The molecule has 118 valence electrons. The van der Waals surface area contributed by atoms with Crippen molar-refractivity contribution in [2.24, 2.45) is 0 Å². The zero-order valence-electron chi connectivity index (χ0n) is 12.8. The predicted octanol–water partition coefficient (Wildman–Crippen LogP) is -2.84. The molecule has 2 atom stereocenters. The van der Waals surface area contributed by atoms with Gasteiger partial charge in [0, 0.05) is 0 Å². The van der Waals surface area contributed by atoms with Gasteiger partial charge in [-0.05, 0) is 13.3 Å². The van der Waals surface area contributed by atoms with Gasteiger partial charge in [-0.1, -0.05) is 19.8 Å². The molecule has 0 saturated heterocycles. The Morgan fingerprint density at radius 1 is 1.15 bits per heavy atom. The van der Waals surface area contributed by atoms with Crippen molar-refractivity contribution in [1.29, 1.82) is 0 Å². The van der Waals surface area contributed by atoms with Crippen molar-refractivity contribution >= 4 is 20.2 Å². The van der Waals surface area contributed by atoms with E-state index in [0.717, 1.165) is 12.8 Å². The minimum absolute atomic E-state index is 0. The maximum atomic E-state index is 11.0. The van der Waals surface area contributed by atoms with Crippen molar-refractivity contribution in [1.82, 2.24) is 0 Å². The van der Waals surface area contributed by atoms with Crippen LogP contribution in [0.5, 0.6) is 0 Å². The Labute approximate surface area is 143 Å². The van der Waals surface area contributed by atoms with E-state index in [-0.39, 0.29) is 31.0 Å². The molecule has 8 nitrogen and oxygen atoms in total. The topological polar surface area (TPSA) is 138 Å². The molecule has 0 aliphatic heterocycles. The zero-order chi connectivity index (χ0) is 15.3. The number of hydrogen-bond acceptors (Lipinski definition) is 6. The van der Waals surface area contributed by atoms with Crippen LogP contribution >= 0.6 is 0 Å². The van der Waals surface area contributed by atoms with Crippen LogP contribution in [0.3, 0.4) is 0 Å². The van der Waals surface area contributed by atoms with E-state index in [2.05, 4.69) is 0 Å². The van der Waals surface area contributed by atoms with Crippen LogP contribution in [-0.4, -0.2) is 54.4 Å². The molecule has 0 fully saturated rings. The van der Waals surface area contributed by atoms with Gasteiger partial charge in [0.2, 0.25) is 4.58 Å². The average Bonchev–Trinajstić information content (AvgIpc) is 2.21. The van der Waals surface area contributed by atoms with E-state index >= 15 is 0 Å². The maximum absolute atomic E-state index is 11.0. The first-order chi connectivity index (χ1) is 8.54. The van der Waals surface area contributed by atoms with Crippen molar-refractivity contribution in [3.05, 3.63) is 0 Å². The van der Waals surface area contributed by atoms with E-state index in [4.69, 9.17) is 18.9 Å². The summed E-state index contributed by atoms with van der Waals surface area (Å²) in [5, 5.41) is 9.02. The summed E-state index contributed by atoms with van der Waals surface area (Å²) in [6, 6.07) is 0. The first kappa shape index (κ1) is 23.0. The monoisotopic (exact) mass is 344 g/mol. The number of hydrogen-bond donors (Lipinski definition) is 3. The third kappa shape index (κ3) is 8.25. The Kier molecular flexibility index (Phi) is 11.2. The molecule has 0 aliphatic carbocycles. The minimum Gasteiger partial charge on any atom is -1.00 e. The summed E-state index contributed by atoms with van der Waals surface area (Å²) in [6.07, 6.45) is -0.129. The Morgan fingerprint density at radius 3 is 1.90 bits per heavy atom. The van der Waals surface area contributed by atoms with Crippen LogP contribution in [0.15, 0.2) is 0 Å². The van der Waals surface area contributed by atoms with E-state index in [1.165, 1.54) is 0 Å². The molecular formula is C9H21NaO8S2. The van der Waals surface area contributed by atoms with Crippen LogP contribution < -0.4 is 29.6 Å². The average molecular weight is 344 g/mol. The number of unbranched alkanes of at least 4 members (excludes halogenated alkanes) is 1. The summed E-state index contributed by atoms with van der Waals surface area (Å²) in [7, 11) is -10.2. The van der Waals surface area contributed by atoms with Crippen molar-refractivity contribution in [3.63, 3.8) is 0 Å². The molecule has 0 heterocycles. The van der Waals surface area contributed by atoms with Gasteiger partial charge in [-0.15, -0.1) is 0 Å². The quantitative estimate of drug-likeness (QED) is 0.300. The Morgan fingerprint density at radius 2 is 1.60 bits per heavy atom. The summed E-state index contributed by atoms with van der Waals surface area (Å²) in [5.74, 6) is 0. The van der Waals surface area contributed by atoms with Gasteiger partial charge >= 0.3 is 29.6 Å². The largest absolute Gasteiger partial charge is 1.00 e. The summed E-state index contributed by atoms with van der Waals surface area (Å²) in [5.41, 5.74) is 0. The number of rotatable bonds is 9. The van der Waals surface area contributed by atoms with Crippen LogP contribution in [0.25, 0.3) is 0 Å². The molecule has 0 radical (unpaired) electrons. The molecule has 0 saturated carbocycles. The molecule has 0 rings (SSSR count). The van der Waals surface area contributed by atoms with Crippen LogP contribution in [0.2, 0.25) is 0 Å². The Bertz CT molecular complexity index is 434. The van der Waals surface area contributed by atoms with E-state index in [1.54, 1.807) is 6.92 Å². The molecule has 0 bridgehead atoms. The second-order valence-corrected chi connectivity index (χ2v) is 7.58. The van der Waals surface area contributed by atoms with Gasteiger partial charge in [-0.25, -0.2) is 0 Å². The van der Waals surface area contributed by atoms with Gasteiger partial charge in [0.15, 0.2) is 0 Å². The van der Waals surface area contributed by atoms with Crippen molar-refractivity contribution in [2.45, 2.75) is 49.9 Å². The molecule has 0 amide bonds. The van der Waals surface area contributed by atoms with Gasteiger partial charge in [0.25, 0.3) is 20.2 Å².